The molecule has 3 rings (SSSR count). The van der Waals surface area contributed by atoms with Gasteiger partial charge < -0.3 is 14.7 Å². The van der Waals surface area contributed by atoms with Gasteiger partial charge in [-0.3, -0.25) is 4.79 Å². The number of phenols is 1. The number of amides is 1. The summed E-state index contributed by atoms with van der Waals surface area (Å²) in [6.07, 6.45) is 1.34. The molecule has 1 heterocycles. The molecule has 0 spiro atoms. The van der Waals surface area contributed by atoms with Gasteiger partial charge in [-0.05, 0) is 45.8 Å². The minimum atomic E-state index is -0.587. The van der Waals surface area contributed by atoms with Gasteiger partial charge in [-0.1, -0.05) is 22.0 Å². The van der Waals surface area contributed by atoms with E-state index in [2.05, 4.69) is 42.4 Å². The third kappa shape index (κ3) is 4.85. The molecule has 9 heteroatoms. The van der Waals surface area contributed by atoms with E-state index in [4.69, 9.17) is 4.74 Å². The van der Waals surface area contributed by atoms with Gasteiger partial charge in [0.2, 0.25) is 0 Å². The second-order valence-electron chi connectivity index (χ2n) is 5.79. The highest BCUT2D eigenvalue weighted by Gasteiger charge is 2.16. The second-order valence-corrected chi connectivity index (χ2v) is 7.56. The van der Waals surface area contributed by atoms with Crippen LogP contribution < -0.4 is 10.3 Å². The fourth-order valence-electron chi connectivity index (χ4n) is 2.63. The maximum Gasteiger partial charge on any atom is 0.275 e. The number of anilines is 1. The number of nitrogens with zero attached hydrogens (tertiary/aromatic N) is 2. The second kappa shape index (κ2) is 8.81. The Labute approximate surface area is 172 Å². The number of hydrogen-bond acceptors (Lipinski definition) is 5. The molecule has 0 radical (unpaired) electrons. The van der Waals surface area contributed by atoms with Crippen LogP contribution in [0.2, 0.25) is 0 Å². The number of halogens is 3. The number of carbonyl (C=O) groups excluding carboxylic acids is 1. The first-order valence-electron chi connectivity index (χ1n) is 8.09. The Morgan fingerprint density at radius 2 is 2.00 bits per heavy atom. The van der Waals surface area contributed by atoms with E-state index in [1.54, 1.807) is 18.2 Å². The van der Waals surface area contributed by atoms with Crippen molar-refractivity contribution in [2.24, 2.45) is 5.10 Å². The highest BCUT2D eigenvalue weighted by atomic mass is 79.9. The number of ether oxygens (including phenoxy) is 1. The van der Waals surface area contributed by atoms with Crippen LogP contribution in [0.5, 0.6) is 5.75 Å². The van der Waals surface area contributed by atoms with Crippen LogP contribution in [0.1, 0.15) is 15.9 Å². The molecule has 1 amide bonds. The third-order valence-electron chi connectivity index (χ3n) is 3.98. The predicted octanol–water partition coefficient (Wildman–Crippen LogP) is 3.66. The summed E-state index contributed by atoms with van der Waals surface area (Å²) in [6.45, 7) is 2.44. The van der Waals surface area contributed by atoms with E-state index in [1.807, 2.05) is 4.90 Å². The summed E-state index contributed by atoms with van der Waals surface area (Å²) >= 11 is 6.42. The number of carbonyl (C=O) groups is 1. The normalized spacial score (nSPS) is 14.6. The monoisotopic (exact) mass is 499 g/mol. The van der Waals surface area contributed by atoms with Crippen LogP contribution in [0.3, 0.4) is 0 Å². The van der Waals surface area contributed by atoms with Crippen molar-refractivity contribution in [2.75, 3.05) is 31.2 Å². The number of nitrogens with one attached hydrogen (secondary N) is 1. The summed E-state index contributed by atoms with van der Waals surface area (Å²) in [5.74, 6) is -1.14. The summed E-state index contributed by atoms with van der Waals surface area (Å²) in [6, 6.07) is 7.85. The van der Waals surface area contributed by atoms with E-state index in [9.17, 15) is 14.3 Å². The lowest BCUT2D eigenvalue weighted by Gasteiger charge is -2.29. The molecule has 0 bridgehead atoms. The van der Waals surface area contributed by atoms with E-state index >= 15 is 0 Å². The molecule has 0 aromatic heterocycles. The van der Waals surface area contributed by atoms with Gasteiger partial charge in [0.15, 0.2) is 0 Å². The minimum Gasteiger partial charge on any atom is -0.506 e. The molecular formula is C18H16Br2FN3O3. The molecule has 0 unspecified atom stereocenters. The minimum absolute atomic E-state index is 0.0576. The van der Waals surface area contributed by atoms with Crippen LogP contribution in [0, 0.1) is 5.82 Å². The summed E-state index contributed by atoms with van der Waals surface area (Å²) in [4.78, 5) is 14.1. The van der Waals surface area contributed by atoms with Crippen molar-refractivity contribution in [1.29, 1.82) is 0 Å². The quantitative estimate of drug-likeness (QED) is 0.496. The molecule has 2 N–H and O–H groups in total. The molecule has 6 nitrogen and oxygen atoms in total. The zero-order valence-electron chi connectivity index (χ0n) is 14.1. The predicted molar refractivity (Wildman–Crippen MR) is 108 cm³/mol. The summed E-state index contributed by atoms with van der Waals surface area (Å²) in [7, 11) is 0. The van der Waals surface area contributed by atoms with Gasteiger partial charge in [0.1, 0.15) is 11.6 Å². The first-order chi connectivity index (χ1) is 13.0. The molecule has 142 valence electrons. The Balaban J connectivity index is 1.68. The average Bonchev–Trinajstić information content (AvgIpc) is 2.65. The molecule has 1 fully saturated rings. The highest BCUT2D eigenvalue weighted by molar-refractivity contribution is 9.11. The average molecular weight is 501 g/mol. The fraction of sp³-hybridized carbons (Fsp3) is 0.222. The first kappa shape index (κ1) is 19.8. The Morgan fingerprint density at radius 3 is 2.70 bits per heavy atom. The number of rotatable bonds is 4. The van der Waals surface area contributed by atoms with Crippen LogP contribution in [-0.4, -0.2) is 43.5 Å². The van der Waals surface area contributed by atoms with Gasteiger partial charge >= 0.3 is 0 Å². The Kier molecular flexibility index (Phi) is 6.46. The summed E-state index contributed by atoms with van der Waals surface area (Å²) in [5.41, 5.74) is 3.40. The van der Waals surface area contributed by atoms with Crippen molar-refractivity contribution in [3.8, 4) is 5.75 Å². The van der Waals surface area contributed by atoms with E-state index in [0.717, 1.165) is 0 Å². The van der Waals surface area contributed by atoms with Gasteiger partial charge in [-0.2, -0.15) is 5.10 Å². The molecular weight excluding hydrogens is 485 g/mol. The van der Waals surface area contributed by atoms with Crippen molar-refractivity contribution in [2.45, 2.75) is 0 Å². The van der Waals surface area contributed by atoms with Crippen molar-refractivity contribution in [3.05, 3.63) is 56.2 Å². The number of aromatic hydroxyl groups is 1. The number of phenolic OH excluding ortho intramolecular Hbond substituents is 1. The molecule has 0 saturated carbocycles. The van der Waals surface area contributed by atoms with E-state index in [0.29, 0.717) is 46.5 Å². The molecule has 27 heavy (non-hydrogen) atoms. The largest absolute Gasteiger partial charge is 0.506 e. The third-order valence-corrected chi connectivity index (χ3v) is 5.04. The molecule has 0 aliphatic carbocycles. The van der Waals surface area contributed by atoms with Gasteiger partial charge in [0, 0.05) is 17.6 Å². The van der Waals surface area contributed by atoms with Crippen molar-refractivity contribution >= 4 is 49.7 Å². The number of benzene rings is 2. The maximum atomic E-state index is 14.4. The first-order valence-corrected chi connectivity index (χ1v) is 9.68. The number of hydrazone groups is 1. The lowest BCUT2D eigenvalue weighted by atomic mass is 10.2. The van der Waals surface area contributed by atoms with Gasteiger partial charge in [-0.15, -0.1) is 0 Å². The Bertz CT molecular complexity index is 886. The fourth-order valence-corrected chi connectivity index (χ4v) is 3.85. The van der Waals surface area contributed by atoms with Gasteiger partial charge in [0.25, 0.3) is 5.91 Å². The molecule has 2 aromatic rings. The zero-order chi connectivity index (χ0) is 19.4. The summed E-state index contributed by atoms with van der Waals surface area (Å²) in [5, 5.41) is 13.8. The SMILES string of the molecule is O=C(N/N=C\c1ccc(N2CCOCC2)c(F)c1)c1cc(Br)cc(Br)c1O. The standard InChI is InChI=1S/C18H16Br2FN3O3/c19-12-8-13(17(25)14(20)9-12)18(26)23-22-10-11-1-2-16(15(21)7-11)24-3-5-27-6-4-24/h1-2,7-10,25H,3-6H2,(H,23,26)/b22-10-. The molecule has 0 atom stereocenters. The van der Waals surface area contributed by atoms with Gasteiger partial charge in [0.05, 0.1) is 35.2 Å². The van der Waals surface area contributed by atoms with E-state index < -0.39 is 5.91 Å². The topological polar surface area (TPSA) is 74.2 Å². The molecule has 1 aliphatic rings. The van der Waals surface area contributed by atoms with Crippen molar-refractivity contribution in [1.82, 2.24) is 5.43 Å². The summed E-state index contributed by atoms with van der Waals surface area (Å²) < 4.78 is 20.6. The van der Waals surface area contributed by atoms with Crippen LogP contribution in [0.4, 0.5) is 10.1 Å². The van der Waals surface area contributed by atoms with E-state index in [-0.39, 0.29) is 17.1 Å². The van der Waals surface area contributed by atoms with Crippen LogP contribution >= 0.6 is 31.9 Å². The lowest BCUT2D eigenvalue weighted by molar-refractivity contribution is 0.0952. The molecule has 2 aromatic carbocycles. The number of morpholine rings is 1. The number of hydrogen-bond donors (Lipinski definition) is 2. The maximum absolute atomic E-state index is 14.4. The van der Waals surface area contributed by atoms with Crippen LogP contribution in [0.15, 0.2) is 44.4 Å². The zero-order valence-corrected chi connectivity index (χ0v) is 17.3. The van der Waals surface area contributed by atoms with Crippen molar-refractivity contribution < 1.29 is 19.0 Å². The lowest BCUT2D eigenvalue weighted by Crippen LogP contribution is -2.36. The Hall–Kier alpha value is -1.97. The van der Waals surface area contributed by atoms with E-state index in [1.165, 1.54) is 18.3 Å². The van der Waals surface area contributed by atoms with Crippen molar-refractivity contribution in [3.63, 3.8) is 0 Å². The van der Waals surface area contributed by atoms with Crippen LogP contribution in [0.25, 0.3) is 0 Å². The Morgan fingerprint density at radius 1 is 1.26 bits per heavy atom. The smallest absolute Gasteiger partial charge is 0.275 e. The highest BCUT2D eigenvalue weighted by Crippen LogP contribution is 2.31. The van der Waals surface area contributed by atoms with Gasteiger partial charge in [-0.25, -0.2) is 9.82 Å². The molecule has 1 aliphatic heterocycles. The van der Waals surface area contributed by atoms with Crippen LogP contribution in [-0.2, 0) is 4.74 Å². The molecule has 1 saturated heterocycles.